The molecule has 1 atom stereocenters. The predicted octanol–water partition coefficient (Wildman–Crippen LogP) is 4.40. The Kier molecular flexibility index (Phi) is 5.60. The number of methoxy groups -OCH3 is 1. The van der Waals surface area contributed by atoms with Gasteiger partial charge in [-0.3, -0.25) is 4.79 Å². The SMILES string of the molecule is COc1ccc(C)cc1NC(=O)C(C)Sc1ccc(F)cc1F. The van der Waals surface area contributed by atoms with Crippen molar-refractivity contribution in [3.05, 3.63) is 53.6 Å². The van der Waals surface area contributed by atoms with Crippen LogP contribution in [0.4, 0.5) is 14.5 Å². The molecule has 0 spiro atoms. The third-order valence-electron chi connectivity index (χ3n) is 3.18. The highest BCUT2D eigenvalue weighted by Gasteiger charge is 2.18. The lowest BCUT2D eigenvalue weighted by molar-refractivity contribution is -0.115. The van der Waals surface area contributed by atoms with Crippen LogP contribution >= 0.6 is 11.8 Å². The van der Waals surface area contributed by atoms with E-state index in [1.54, 1.807) is 19.1 Å². The maximum Gasteiger partial charge on any atom is 0.237 e. The number of anilines is 1. The molecule has 0 radical (unpaired) electrons. The highest BCUT2D eigenvalue weighted by atomic mass is 32.2. The minimum Gasteiger partial charge on any atom is -0.495 e. The van der Waals surface area contributed by atoms with Crippen molar-refractivity contribution in [3.8, 4) is 5.75 Å². The van der Waals surface area contributed by atoms with E-state index in [4.69, 9.17) is 4.74 Å². The van der Waals surface area contributed by atoms with Gasteiger partial charge >= 0.3 is 0 Å². The van der Waals surface area contributed by atoms with Gasteiger partial charge in [-0.15, -0.1) is 11.8 Å². The summed E-state index contributed by atoms with van der Waals surface area (Å²) in [7, 11) is 1.52. The molecule has 1 N–H and O–H groups in total. The second kappa shape index (κ2) is 7.46. The Labute approximate surface area is 138 Å². The molecule has 0 fully saturated rings. The number of hydrogen-bond acceptors (Lipinski definition) is 3. The summed E-state index contributed by atoms with van der Waals surface area (Å²) in [5.74, 6) is -1.06. The quantitative estimate of drug-likeness (QED) is 0.822. The molecule has 0 aromatic heterocycles. The van der Waals surface area contributed by atoms with Gasteiger partial charge in [0.05, 0.1) is 18.0 Å². The molecule has 0 saturated heterocycles. The van der Waals surface area contributed by atoms with Gasteiger partial charge in [-0.2, -0.15) is 0 Å². The van der Waals surface area contributed by atoms with Gasteiger partial charge in [0.2, 0.25) is 5.91 Å². The fourth-order valence-corrected chi connectivity index (χ4v) is 2.83. The Balaban J connectivity index is 2.10. The van der Waals surface area contributed by atoms with Crippen LogP contribution in [-0.2, 0) is 4.79 Å². The first kappa shape index (κ1) is 17.3. The van der Waals surface area contributed by atoms with E-state index >= 15 is 0 Å². The molecule has 0 aliphatic rings. The fraction of sp³-hybridized carbons (Fsp3) is 0.235. The number of aryl methyl sites for hydroxylation is 1. The molecule has 2 aromatic rings. The van der Waals surface area contributed by atoms with E-state index in [0.29, 0.717) is 11.4 Å². The highest BCUT2D eigenvalue weighted by Crippen LogP contribution is 2.29. The molecule has 122 valence electrons. The average Bonchev–Trinajstić information content (AvgIpc) is 2.50. The summed E-state index contributed by atoms with van der Waals surface area (Å²) in [4.78, 5) is 12.5. The van der Waals surface area contributed by atoms with E-state index in [-0.39, 0.29) is 10.8 Å². The average molecular weight is 337 g/mol. The molecule has 1 unspecified atom stereocenters. The van der Waals surface area contributed by atoms with Crippen LogP contribution in [0.3, 0.4) is 0 Å². The molecule has 2 rings (SSSR count). The van der Waals surface area contributed by atoms with E-state index in [0.717, 1.165) is 23.4 Å². The highest BCUT2D eigenvalue weighted by molar-refractivity contribution is 8.00. The van der Waals surface area contributed by atoms with Crippen molar-refractivity contribution < 1.29 is 18.3 Å². The maximum absolute atomic E-state index is 13.7. The standard InChI is InChI=1S/C17H17F2NO2S/c1-10-4-6-15(22-3)14(8-10)20-17(21)11(2)23-16-7-5-12(18)9-13(16)19/h4-9,11H,1-3H3,(H,20,21). The molecule has 0 bridgehead atoms. The molecule has 0 saturated carbocycles. The number of amides is 1. The first-order valence-corrected chi connectivity index (χ1v) is 7.86. The number of nitrogens with one attached hydrogen (secondary N) is 1. The van der Waals surface area contributed by atoms with Crippen LogP contribution in [0.1, 0.15) is 12.5 Å². The second-order valence-corrected chi connectivity index (χ2v) is 6.41. The Morgan fingerprint density at radius 3 is 2.61 bits per heavy atom. The monoisotopic (exact) mass is 337 g/mol. The van der Waals surface area contributed by atoms with Crippen molar-refractivity contribution in [2.45, 2.75) is 24.0 Å². The number of benzene rings is 2. The summed E-state index contributed by atoms with van der Waals surface area (Å²) in [6.07, 6.45) is 0. The first-order chi connectivity index (χ1) is 10.9. The van der Waals surface area contributed by atoms with Crippen molar-refractivity contribution in [2.24, 2.45) is 0 Å². The van der Waals surface area contributed by atoms with Crippen LogP contribution in [0, 0.1) is 18.6 Å². The zero-order chi connectivity index (χ0) is 17.0. The number of hydrogen-bond donors (Lipinski definition) is 1. The Bertz CT molecular complexity index is 722. The molecule has 0 aliphatic heterocycles. The third kappa shape index (κ3) is 4.45. The van der Waals surface area contributed by atoms with Gasteiger partial charge in [0, 0.05) is 11.0 Å². The lowest BCUT2D eigenvalue weighted by Crippen LogP contribution is -2.22. The van der Waals surface area contributed by atoms with Gasteiger partial charge < -0.3 is 10.1 Å². The first-order valence-electron chi connectivity index (χ1n) is 6.98. The number of thioether (sulfide) groups is 1. The minimum atomic E-state index is -0.678. The maximum atomic E-state index is 13.7. The van der Waals surface area contributed by atoms with Crippen molar-refractivity contribution in [3.63, 3.8) is 0 Å². The molecule has 2 aromatic carbocycles. The third-order valence-corrected chi connectivity index (χ3v) is 4.33. The number of rotatable bonds is 5. The van der Waals surface area contributed by atoms with E-state index in [2.05, 4.69) is 5.32 Å². The van der Waals surface area contributed by atoms with Crippen molar-refractivity contribution in [1.29, 1.82) is 0 Å². The zero-order valence-corrected chi connectivity index (χ0v) is 13.8. The molecule has 1 amide bonds. The van der Waals surface area contributed by atoms with Gasteiger partial charge in [-0.05, 0) is 43.7 Å². The van der Waals surface area contributed by atoms with Gasteiger partial charge in [-0.1, -0.05) is 6.07 Å². The number of carbonyl (C=O) groups excluding carboxylic acids is 1. The Morgan fingerprint density at radius 1 is 1.22 bits per heavy atom. The lowest BCUT2D eigenvalue weighted by atomic mass is 10.2. The van der Waals surface area contributed by atoms with E-state index in [1.165, 1.54) is 19.2 Å². The van der Waals surface area contributed by atoms with Crippen LogP contribution in [0.15, 0.2) is 41.3 Å². The normalized spacial score (nSPS) is 11.9. The zero-order valence-electron chi connectivity index (χ0n) is 13.0. The van der Waals surface area contributed by atoms with Crippen LogP contribution in [0.2, 0.25) is 0 Å². The molecular formula is C17H17F2NO2S. The van der Waals surface area contributed by atoms with E-state index < -0.39 is 16.9 Å². The van der Waals surface area contributed by atoms with Gasteiger partial charge in [-0.25, -0.2) is 8.78 Å². The second-order valence-electron chi connectivity index (χ2n) is 5.03. The summed E-state index contributed by atoms with van der Waals surface area (Å²) in [6, 6.07) is 8.73. The summed E-state index contributed by atoms with van der Waals surface area (Å²) in [5, 5.41) is 2.22. The minimum absolute atomic E-state index is 0.227. The molecule has 0 aliphatic carbocycles. The van der Waals surface area contributed by atoms with E-state index in [1.807, 2.05) is 13.0 Å². The van der Waals surface area contributed by atoms with Crippen molar-refractivity contribution in [2.75, 3.05) is 12.4 Å². The van der Waals surface area contributed by atoms with Gasteiger partial charge in [0.1, 0.15) is 17.4 Å². The van der Waals surface area contributed by atoms with Crippen LogP contribution in [-0.4, -0.2) is 18.3 Å². The number of carbonyl (C=O) groups is 1. The number of halogens is 2. The van der Waals surface area contributed by atoms with Crippen molar-refractivity contribution >= 4 is 23.4 Å². The molecule has 6 heteroatoms. The summed E-state index contributed by atoms with van der Waals surface area (Å²) in [6.45, 7) is 3.56. The smallest absolute Gasteiger partial charge is 0.237 e. The van der Waals surface area contributed by atoms with Crippen LogP contribution < -0.4 is 10.1 Å². The van der Waals surface area contributed by atoms with E-state index in [9.17, 15) is 13.6 Å². The van der Waals surface area contributed by atoms with Crippen LogP contribution in [0.25, 0.3) is 0 Å². The Hall–Kier alpha value is -2.08. The molecular weight excluding hydrogens is 320 g/mol. The summed E-state index contributed by atoms with van der Waals surface area (Å²) >= 11 is 1.03. The van der Waals surface area contributed by atoms with Crippen LogP contribution in [0.5, 0.6) is 5.75 Å². The molecule has 0 heterocycles. The number of ether oxygens (including phenoxy) is 1. The van der Waals surface area contributed by atoms with Gasteiger partial charge in [0.25, 0.3) is 0 Å². The lowest BCUT2D eigenvalue weighted by Gasteiger charge is -2.15. The van der Waals surface area contributed by atoms with Crippen molar-refractivity contribution in [1.82, 2.24) is 0 Å². The largest absolute Gasteiger partial charge is 0.495 e. The Morgan fingerprint density at radius 2 is 1.96 bits per heavy atom. The summed E-state index contributed by atoms with van der Waals surface area (Å²) < 4.78 is 31.8. The predicted molar refractivity (Wildman–Crippen MR) is 88.0 cm³/mol. The van der Waals surface area contributed by atoms with Gasteiger partial charge in [0.15, 0.2) is 0 Å². The fourth-order valence-electron chi connectivity index (χ4n) is 1.97. The molecule has 3 nitrogen and oxygen atoms in total. The molecule has 23 heavy (non-hydrogen) atoms. The topological polar surface area (TPSA) is 38.3 Å². The summed E-state index contributed by atoms with van der Waals surface area (Å²) in [5.41, 5.74) is 1.54.